The molecule has 1 amide bonds. The Bertz CT molecular complexity index is 821. The third kappa shape index (κ3) is 4.92. The summed E-state index contributed by atoms with van der Waals surface area (Å²) >= 11 is 5.77. The summed E-state index contributed by atoms with van der Waals surface area (Å²) in [5, 5.41) is 25.1. The second-order valence-electron chi connectivity index (χ2n) is 4.94. The van der Waals surface area contributed by atoms with Gasteiger partial charge in [0.25, 0.3) is 5.69 Å². The fraction of sp³-hybridized carbons (Fsp3) is 0.125. The van der Waals surface area contributed by atoms with E-state index in [1.807, 2.05) is 0 Å². The minimum absolute atomic E-state index is 0.0397. The van der Waals surface area contributed by atoms with Crippen molar-refractivity contribution in [3.05, 3.63) is 62.7 Å². The Morgan fingerprint density at radius 2 is 2.08 bits per heavy atom. The molecule has 0 saturated carbocycles. The molecule has 0 aromatic heterocycles. The number of benzene rings is 2. The van der Waals surface area contributed by atoms with Crippen LogP contribution in [0.15, 0.2) is 41.5 Å². The minimum atomic E-state index is -0.627. The number of hydrogen-bond donors (Lipinski definition) is 2. The number of nitrogens with one attached hydrogen (secondary N) is 1. The largest absolute Gasteiger partial charge is 0.504 e. The van der Waals surface area contributed by atoms with Gasteiger partial charge in [0, 0.05) is 16.7 Å². The van der Waals surface area contributed by atoms with Gasteiger partial charge in [-0.25, -0.2) is 5.43 Å². The van der Waals surface area contributed by atoms with Crippen molar-refractivity contribution < 1.29 is 19.6 Å². The Hall–Kier alpha value is -3.13. The number of carbonyl (C=O) groups is 1. The molecule has 0 heterocycles. The lowest BCUT2D eigenvalue weighted by atomic mass is 10.1. The number of hydrazone groups is 1. The zero-order chi connectivity index (χ0) is 18.4. The van der Waals surface area contributed by atoms with E-state index in [9.17, 15) is 20.0 Å². The van der Waals surface area contributed by atoms with Crippen molar-refractivity contribution in [1.29, 1.82) is 0 Å². The highest BCUT2D eigenvalue weighted by Gasteiger charge is 2.15. The van der Waals surface area contributed by atoms with Crippen LogP contribution < -0.4 is 10.2 Å². The van der Waals surface area contributed by atoms with Crippen LogP contribution >= 0.6 is 11.6 Å². The van der Waals surface area contributed by atoms with Crippen LogP contribution in [0.1, 0.15) is 11.1 Å². The maximum Gasteiger partial charge on any atom is 0.274 e. The van der Waals surface area contributed by atoms with Gasteiger partial charge in [0.2, 0.25) is 5.91 Å². The summed E-state index contributed by atoms with van der Waals surface area (Å²) in [4.78, 5) is 22.1. The number of rotatable bonds is 6. The number of halogens is 1. The molecule has 0 saturated heterocycles. The van der Waals surface area contributed by atoms with Gasteiger partial charge in [-0.1, -0.05) is 23.7 Å². The number of non-ortho nitro benzene ring substituents is 1. The summed E-state index contributed by atoms with van der Waals surface area (Å²) in [5.41, 5.74) is 2.80. The summed E-state index contributed by atoms with van der Waals surface area (Å²) in [7, 11) is 1.27. The van der Waals surface area contributed by atoms with Crippen LogP contribution in [-0.4, -0.2) is 29.3 Å². The molecule has 2 aromatic rings. The molecule has 130 valence electrons. The first-order valence-corrected chi connectivity index (χ1v) is 7.40. The fourth-order valence-corrected chi connectivity index (χ4v) is 2.10. The van der Waals surface area contributed by atoms with Crippen molar-refractivity contribution in [2.45, 2.75) is 6.42 Å². The van der Waals surface area contributed by atoms with Crippen molar-refractivity contribution >= 4 is 29.4 Å². The number of methoxy groups -OCH3 is 1. The zero-order valence-corrected chi connectivity index (χ0v) is 13.9. The summed E-state index contributed by atoms with van der Waals surface area (Å²) in [6.07, 6.45) is 1.18. The molecule has 0 aliphatic heterocycles. The lowest BCUT2D eigenvalue weighted by molar-refractivity contribution is -0.385. The average molecular weight is 364 g/mol. The van der Waals surface area contributed by atoms with E-state index in [0.29, 0.717) is 5.02 Å². The minimum Gasteiger partial charge on any atom is -0.504 e. The lowest BCUT2D eigenvalue weighted by Crippen LogP contribution is -2.19. The Labute approximate surface area is 147 Å². The number of carbonyl (C=O) groups excluding carboxylic acids is 1. The molecule has 0 atom stereocenters. The monoisotopic (exact) mass is 363 g/mol. The van der Waals surface area contributed by atoms with E-state index in [-0.39, 0.29) is 29.2 Å². The molecule has 2 N–H and O–H groups in total. The number of phenols is 1. The molecule has 0 bridgehead atoms. The predicted molar refractivity (Wildman–Crippen MR) is 92.2 cm³/mol. The van der Waals surface area contributed by atoms with Gasteiger partial charge in [-0.05, 0) is 17.7 Å². The van der Waals surface area contributed by atoms with Gasteiger partial charge in [0.1, 0.15) is 0 Å². The second-order valence-corrected chi connectivity index (χ2v) is 5.38. The highest BCUT2D eigenvalue weighted by molar-refractivity contribution is 6.30. The molecule has 0 spiro atoms. The number of ether oxygens (including phenoxy) is 1. The third-order valence-corrected chi connectivity index (χ3v) is 3.44. The number of nitrogens with zero attached hydrogens (tertiary/aromatic N) is 2. The standard InChI is InChI=1S/C16H14ClN3O5/c1-25-14-8-13(20(23)24)7-11(16(14)22)9-18-19-15(21)6-10-2-4-12(17)5-3-10/h2-5,7-9,22H,6H2,1H3,(H,19,21)/b18-9-. The quantitative estimate of drug-likeness (QED) is 0.465. The number of nitro benzene ring substituents is 1. The maximum atomic E-state index is 11.8. The van der Waals surface area contributed by atoms with E-state index in [1.165, 1.54) is 7.11 Å². The van der Waals surface area contributed by atoms with Gasteiger partial charge in [0.15, 0.2) is 11.5 Å². The van der Waals surface area contributed by atoms with E-state index in [2.05, 4.69) is 10.5 Å². The Balaban J connectivity index is 2.08. The van der Waals surface area contributed by atoms with Crippen molar-refractivity contribution in [2.75, 3.05) is 7.11 Å². The molecule has 0 unspecified atom stereocenters. The number of amides is 1. The zero-order valence-electron chi connectivity index (χ0n) is 13.1. The molecule has 2 aromatic carbocycles. The summed E-state index contributed by atoms with van der Waals surface area (Å²) in [6, 6.07) is 8.96. The molecule has 0 aliphatic carbocycles. The molecule has 0 fully saturated rings. The number of aromatic hydroxyl groups is 1. The molecule has 0 radical (unpaired) electrons. The van der Waals surface area contributed by atoms with Crippen molar-refractivity contribution in [3.8, 4) is 11.5 Å². The molecule has 25 heavy (non-hydrogen) atoms. The van der Waals surface area contributed by atoms with Gasteiger partial charge in [-0.3, -0.25) is 14.9 Å². The molecular formula is C16H14ClN3O5. The predicted octanol–water partition coefficient (Wildman–Crippen LogP) is 2.66. The smallest absolute Gasteiger partial charge is 0.274 e. The van der Waals surface area contributed by atoms with E-state index in [4.69, 9.17) is 16.3 Å². The maximum absolute atomic E-state index is 11.8. The van der Waals surface area contributed by atoms with E-state index in [1.54, 1.807) is 24.3 Å². The lowest BCUT2D eigenvalue weighted by Gasteiger charge is -2.06. The van der Waals surface area contributed by atoms with Crippen LogP contribution in [-0.2, 0) is 11.2 Å². The topological polar surface area (TPSA) is 114 Å². The Kier molecular flexibility index (Phi) is 5.91. The SMILES string of the molecule is COc1cc([N+](=O)[O-])cc(/C=N\NC(=O)Cc2ccc(Cl)cc2)c1O. The molecule has 9 heteroatoms. The van der Waals surface area contributed by atoms with E-state index in [0.717, 1.165) is 23.9 Å². The highest BCUT2D eigenvalue weighted by atomic mass is 35.5. The first-order valence-electron chi connectivity index (χ1n) is 7.02. The Morgan fingerprint density at radius 1 is 1.40 bits per heavy atom. The fourth-order valence-electron chi connectivity index (χ4n) is 1.97. The molecule has 2 rings (SSSR count). The third-order valence-electron chi connectivity index (χ3n) is 3.19. The van der Waals surface area contributed by atoms with Crippen LogP contribution in [0.3, 0.4) is 0 Å². The van der Waals surface area contributed by atoms with Crippen LogP contribution in [0.5, 0.6) is 11.5 Å². The first kappa shape index (κ1) is 18.2. The Morgan fingerprint density at radius 3 is 2.68 bits per heavy atom. The van der Waals surface area contributed by atoms with Gasteiger partial charge < -0.3 is 9.84 Å². The normalized spacial score (nSPS) is 10.6. The average Bonchev–Trinajstić information content (AvgIpc) is 2.58. The van der Waals surface area contributed by atoms with E-state index >= 15 is 0 Å². The molecule has 8 nitrogen and oxygen atoms in total. The van der Waals surface area contributed by atoms with Crippen LogP contribution in [0.4, 0.5) is 5.69 Å². The van der Waals surface area contributed by atoms with Crippen LogP contribution in [0.25, 0.3) is 0 Å². The summed E-state index contributed by atoms with van der Waals surface area (Å²) in [5.74, 6) is -0.776. The number of hydrogen-bond acceptors (Lipinski definition) is 6. The van der Waals surface area contributed by atoms with Crippen molar-refractivity contribution in [3.63, 3.8) is 0 Å². The van der Waals surface area contributed by atoms with Gasteiger partial charge in [-0.15, -0.1) is 0 Å². The highest BCUT2D eigenvalue weighted by Crippen LogP contribution is 2.33. The second kappa shape index (κ2) is 8.11. The molecule has 0 aliphatic rings. The summed E-state index contributed by atoms with van der Waals surface area (Å²) in [6.45, 7) is 0. The number of phenolic OH excluding ortho intramolecular Hbond substituents is 1. The first-order chi connectivity index (χ1) is 11.9. The van der Waals surface area contributed by atoms with Gasteiger partial charge in [0.05, 0.1) is 30.7 Å². The van der Waals surface area contributed by atoms with Crippen molar-refractivity contribution in [1.82, 2.24) is 5.43 Å². The summed E-state index contributed by atoms with van der Waals surface area (Å²) < 4.78 is 4.88. The van der Waals surface area contributed by atoms with Crippen molar-refractivity contribution in [2.24, 2.45) is 5.10 Å². The van der Waals surface area contributed by atoms with Gasteiger partial charge in [-0.2, -0.15) is 5.10 Å². The van der Waals surface area contributed by atoms with Crippen LogP contribution in [0, 0.1) is 10.1 Å². The van der Waals surface area contributed by atoms with E-state index < -0.39 is 10.8 Å². The molecular weight excluding hydrogens is 350 g/mol. The van der Waals surface area contributed by atoms with Gasteiger partial charge >= 0.3 is 0 Å². The number of nitro groups is 1. The van der Waals surface area contributed by atoms with Crippen LogP contribution in [0.2, 0.25) is 5.02 Å².